The van der Waals surface area contributed by atoms with Gasteiger partial charge in [-0.15, -0.1) is 0 Å². The molecule has 0 aliphatic carbocycles. The van der Waals surface area contributed by atoms with Gasteiger partial charge in [-0.3, -0.25) is 8.99 Å². The lowest BCUT2D eigenvalue weighted by atomic mass is 10.2. The molecule has 0 atom stereocenters. The molecule has 0 spiro atoms. The van der Waals surface area contributed by atoms with Crippen molar-refractivity contribution in [1.82, 2.24) is 14.5 Å². The van der Waals surface area contributed by atoms with E-state index in [1.54, 1.807) is 18.5 Å². The van der Waals surface area contributed by atoms with Crippen LogP contribution in [-0.4, -0.2) is 46.8 Å². The Bertz CT molecular complexity index is 1160. The number of hydrogen-bond acceptors (Lipinski definition) is 5. The summed E-state index contributed by atoms with van der Waals surface area (Å²) in [5.74, 6) is -0.577. The molecule has 2 heterocycles. The van der Waals surface area contributed by atoms with Gasteiger partial charge in [0.1, 0.15) is 10.7 Å². The van der Waals surface area contributed by atoms with Gasteiger partial charge in [0.25, 0.3) is 0 Å². The molecule has 0 bridgehead atoms. The van der Waals surface area contributed by atoms with Crippen molar-refractivity contribution < 1.29 is 21.2 Å². The third kappa shape index (κ3) is 3.60. The summed E-state index contributed by atoms with van der Waals surface area (Å²) in [6.07, 6.45) is 0. The van der Waals surface area contributed by atoms with Crippen LogP contribution in [0.25, 0.3) is 0 Å². The first-order chi connectivity index (χ1) is 13.4. The second kappa shape index (κ2) is 7.26. The Morgan fingerprint density at radius 3 is 2.45 bits per heavy atom. The van der Waals surface area contributed by atoms with E-state index in [9.17, 15) is 21.2 Å². The van der Waals surface area contributed by atoms with E-state index < -0.39 is 26.0 Å². The zero-order valence-corrected chi connectivity index (χ0v) is 18.5. The van der Waals surface area contributed by atoms with Crippen LogP contribution in [0.1, 0.15) is 31.3 Å². The van der Waals surface area contributed by atoms with Crippen LogP contribution in [-0.2, 0) is 20.2 Å². The van der Waals surface area contributed by atoms with Gasteiger partial charge < -0.3 is 0 Å². The summed E-state index contributed by atoms with van der Waals surface area (Å²) in [6, 6.07) is 3.66. The Labute approximate surface area is 170 Å². The number of sulfonamides is 1. The van der Waals surface area contributed by atoms with Crippen LogP contribution >= 0.6 is 0 Å². The highest BCUT2D eigenvalue weighted by molar-refractivity contribution is 7.94. The van der Waals surface area contributed by atoms with Crippen molar-refractivity contribution in [2.75, 3.05) is 28.7 Å². The molecule has 1 aromatic carbocycles. The van der Waals surface area contributed by atoms with E-state index in [1.165, 1.54) is 19.2 Å². The number of rotatable bonds is 6. The molecule has 0 amide bonds. The predicted molar refractivity (Wildman–Crippen MR) is 108 cm³/mol. The molecule has 12 heteroatoms. The summed E-state index contributed by atoms with van der Waals surface area (Å²) >= 11 is 0. The Morgan fingerprint density at radius 1 is 1.21 bits per heavy atom. The lowest BCUT2D eigenvalue weighted by Crippen LogP contribution is -2.40. The molecule has 1 N–H and O–H groups in total. The Balaban J connectivity index is 1.82. The lowest BCUT2D eigenvalue weighted by Gasteiger charge is -2.19. The molecule has 2 aromatic rings. The monoisotopic (exact) mass is 445 g/mol. The standard InChI is InChI=1S/C17H24FN5O4S2/c1-11(2)23-13(4)17(12(3)20-23)28(24,25)19-8-9-22-16-10-14(18)6-7-15(16)21(5)29(22,26)27/h6-7,10-11,19H,8-9H2,1-5H3. The third-order valence-electron chi connectivity index (χ3n) is 4.79. The molecule has 1 aliphatic heterocycles. The minimum atomic E-state index is -3.90. The van der Waals surface area contributed by atoms with Crippen LogP contribution in [0, 0.1) is 19.7 Å². The summed E-state index contributed by atoms with van der Waals surface area (Å²) in [6.45, 7) is 6.71. The molecule has 0 radical (unpaired) electrons. The molecule has 1 aliphatic rings. The molecule has 0 unspecified atom stereocenters. The second-order valence-electron chi connectivity index (χ2n) is 7.12. The largest absolute Gasteiger partial charge is 0.326 e. The van der Waals surface area contributed by atoms with Crippen LogP contribution in [0.2, 0.25) is 0 Å². The summed E-state index contributed by atoms with van der Waals surface area (Å²) < 4.78 is 70.6. The number of anilines is 2. The van der Waals surface area contributed by atoms with Crippen molar-refractivity contribution in [3.8, 4) is 0 Å². The van der Waals surface area contributed by atoms with Gasteiger partial charge in [-0.05, 0) is 39.8 Å². The van der Waals surface area contributed by atoms with Gasteiger partial charge in [0.15, 0.2) is 0 Å². The van der Waals surface area contributed by atoms with Gasteiger partial charge in [-0.2, -0.15) is 13.5 Å². The number of hydrogen-bond donors (Lipinski definition) is 1. The molecular weight excluding hydrogens is 421 g/mol. The summed E-state index contributed by atoms with van der Waals surface area (Å²) in [7, 11) is -6.44. The average Bonchev–Trinajstić information content (AvgIpc) is 3.01. The van der Waals surface area contributed by atoms with Crippen LogP contribution < -0.4 is 13.3 Å². The van der Waals surface area contributed by atoms with E-state index in [-0.39, 0.29) is 29.7 Å². The van der Waals surface area contributed by atoms with E-state index in [2.05, 4.69) is 9.82 Å². The van der Waals surface area contributed by atoms with Gasteiger partial charge >= 0.3 is 10.2 Å². The molecule has 1 aromatic heterocycles. The maximum Gasteiger partial charge on any atom is 0.326 e. The SMILES string of the molecule is Cc1nn(C(C)C)c(C)c1S(=O)(=O)NCCN1c2cc(F)ccc2N(C)S1(=O)=O. The first kappa shape index (κ1) is 21.5. The van der Waals surface area contributed by atoms with Crippen molar-refractivity contribution >= 4 is 31.6 Å². The first-order valence-corrected chi connectivity index (χ1v) is 11.9. The summed E-state index contributed by atoms with van der Waals surface area (Å²) in [4.78, 5) is 0.0824. The topological polar surface area (TPSA) is 105 Å². The van der Waals surface area contributed by atoms with Crippen molar-refractivity contribution in [2.45, 2.75) is 38.6 Å². The molecule has 160 valence electrons. The maximum atomic E-state index is 13.6. The zero-order valence-electron chi connectivity index (χ0n) is 16.8. The Hall–Kier alpha value is -2.18. The van der Waals surface area contributed by atoms with Crippen LogP contribution in [0.4, 0.5) is 15.8 Å². The Kier molecular flexibility index (Phi) is 5.39. The number of fused-ring (bicyclic) bond motifs is 1. The number of aromatic nitrogens is 2. The van der Waals surface area contributed by atoms with E-state index in [4.69, 9.17) is 0 Å². The van der Waals surface area contributed by atoms with Gasteiger partial charge in [-0.25, -0.2) is 21.8 Å². The highest BCUT2D eigenvalue weighted by atomic mass is 32.2. The smallest absolute Gasteiger partial charge is 0.266 e. The average molecular weight is 446 g/mol. The van der Waals surface area contributed by atoms with E-state index in [0.717, 1.165) is 14.7 Å². The fraction of sp³-hybridized carbons (Fsp3) is 0.471. The molecule has 0 saturated heterocycles. The number of nitrogens with one attached hydrogen (secondary N) is 1. The molecule has 0 fully saturated rings. The van der Waals surface area contributed by atoms with Gasteiger partial charge in [0, 0.05) is 32.2 Å². The van der Waals surface area contributed by atoms with Crippen LogP contribution in [0.3, 0.4) is 0 Å². The van der Waals surface area contributed by atoms with Gasteiger partial charge in [0.05, 0.1) is 22.8 Å². The normalized spacial score (nSPS) is 16.0. The van der Waals surface area contributed by atoms with Crippen molar-refractivity contribution in [1.29, 1.82) is 0 Å². The molecule has 9 nitrogen and oxygen atoms in total. The van der Waals surface area contributed by atoms with Gasteiger partial charge in [-0.1, -0.05) is 0 Å². The van der Waals surface area contributed by atoms with Gasteiger partial charge in [0.2, 0.25) is 10.0 Å². The zero-order chi connectivity index (χ0) is 21.7. The first-order valence-electron chi connectivity index (χ1n) is 8.99. The second-order valence-corrected chi connectivity index (χ2v) is 10.7. The maximum absolute atomic E-state index is 13.6. The van der Waals surface area contributed by atoms with Crippen molar-refractivity contribution in [3.05, 3.63) is 35.4 Å². The fourth-order valence-electron chi connectivity index (χ4n) is 3.49. The third-order valence-corrected chi connectivity index (χ3v) is 8.33. The summed E-state index contributed by atoms with van der Waals surface area (Å²) in [5.41, 5.74) is 1.38. The van der Waals surface area contributed by atoms with E-state index in [0.29, 0.717) is 17.1 Å². The minimum Gasteiger partial charge on any atom is -0.266 e. The van der Waals surface area contributed by atoms with Crippen LogP contribution in [0.5, 0.6) is 0 Å². The van der Waals surface area contributed by atoms with E-state index in [1.807, 2.05) is 13.8 Å². The van der Waals surface area contributed by atoms with Crippen LogP contribution in [0.15, 0.2) is 23.1 Å². The molecule has 3 rings (SSSR count). The lowest BCUT2D eigenvalue weighted by molar-refractivity contribution is 0.514. The highest BCUT2D eigenvalue weighted by Gasteiger charge is 2.38. The number of benzene rings is 1. The molecule has 0 saturated carbocycles. The van der Waals surface area contributed by atoms with Crippen molar-refractivity contribution in [3.63, 3.8) is 0 Å². The summed E-state index contributed by atoms with van der Waals surface area (Å²) in [5, 5.41) is 4.28. The Morgan fingerprint density at radius 2 is 1.86 bits per heavy atom. The number of nitrogens with zero attached hydrogens (tertiary/aromatic N) is 4. The quantitative estimate of drug-likeness (QED) is 0.729. The highest BCUT2D eigenvalue weighted by Crippen LogP contribution is 2.39. The number of halogens is 1. The molecule has 29 heavy (non-hydrogen) atoms. The molecular formula is C17H24FN5O4S2. The minimum absolute atomic E-state index is 0.00525. The fourth-order valence-corrected chi connectivity index (χ4v) is 6.32. The van der Waals surface area contributed by atoms with E-state index >= 15 is 0 Å². The number of aryl methyl sites for hydroxylation is 1. The predicted octanol–water partition coefficient (Wildman–Crippen LogP) is 1.70. The van der Waals surface area contributed by atoms with Crippen molar-refractivity contribution in [2.24, 2.45) is 0 Å².